The molecule has 0 aliphatic rings. The molecule has 20 heavy (non-hydrogen) atoms. The van der Waals surface area contributed by atoms with Gasteiger partial charge in [-0.05, 0) is 17.7 Å². The molecule has 1 heterocycles. The SMILES string of the molecule is COC(=O)Cc1ccc(-c2nc3ccccc3s2)cc1. The van der Waals surface area contributed by atoms with E-state index in [9.17, 15) is 4.79 Å². The lowest BCUT2D eigenvalue weighted by Gasteiger charge is -2.01. The summed E-state index contributed by atoms with van der Waals surface area (Å²) >= 11 is 1.67. The number of methoxy groups -OCH3 is 1. The number of carbonyl (C=O) groups excluding carboxylic acids is 1. The van der Waals surface area contributed by atoms with Crippen molar-refractivity contribution in [2.24, 2.45) is 0 Å². The maximum atomic E-state index is 11.2. The first-order valence-corrected chi connectivity index (χ1v) is 7.09. The zero-order chi connectivity index (χ0) is 13.9. The number of esters is 1. The minimum atomic E-state index is -0.224. The highest BCUT2D eigenvalue weighted by molar-refractivity contribution is 7.21. The predicted octanol–water partition coefficient (Wildman–Crippen LogP) is 3.68. The molecule has 0 unspecified atom stereocenters. The summed E-state index contributed by atoms with van der Waals surface area (Å²) in [5.41, 5.74) is 3.03. The van der Waals surface area contributed by atoms with Gasteiger partial charge in [0.25, 0.3) is 0 Å². The maximum Gasteiger partial charge on any atom is 0.309 e. The van der Waals surface area contributed by atoms with Crippen molar-refractivity contribution in [2.45, 2.75) is 6.42 Å². The van der Waals surface area contributed by atoms with Crippen LogP contribution >= 0.6 is 11.3 Å². The third-order valence-electron chi connectivity index (χ3n) is 3.07. The van der Waals surface area contributed by atoms with Crippen LogP contribution in [0.5, 0.6) is 0 Å². The first kappa shape index (κ1) is 12.8. The summed E-state index contributed by atoms with van der Waals surface area (Å²) in [5.74, 6) is -0.224. The topological polar surface area (TPSA) is 39.2 Å². The van der Waals surface area contributed by atoms with E-state index >= 15 is 0 Å². The van der Waals surface area contributed by atoms with E-state index in [1.54, 1.807) is 11.3 Å². The number of rotatable bonds is 3. The Hall–Kier alpha value is -2.20. The minimum Gasteiger partial charge on any atom is -0.469 e. The molecular weight excluding hydrogens is 270 g/mol. The highest BCUT2D eigenvalue weighted by Crippen LogP contribution is 2.29. The maximum absolute atomic E-state index is 11.2. The van der Waals surface area contributed by atoms with Crippen LogP contribution in [0.1, 0.15) is 5.56 Å². The third kappa shape index (κ3) is 2.56. The van der Waals surface area contributed by atoms with Crippen molar-refractivity contribution in [1.82, 2.24) is 4.98 Å². The molecule has 0 saturated heterocycles. The van der Waals surface area contributed by atoms with Gasteiger partial charge in [0.15, 0.2) is 0 Å². The van der Waals surface area contributed by atoms with Crippen molar-refractivity contribution in [3.05, 3.63) is 54.1 Å². The molecule has 3 nitrogen and oxygen atoms in total. The molecule has 0 fully saturated rings. The molecule has 0 N–H and O–H groups in total. The standard InChI is InChI=1S/C16H13NO2S/c1-19-15(18)10-11-6-8-12(9-7-11)16-17-13-4-2-3-5-14(13)20-16/h2-9H,10H2,1H3. The highest BCUT2D eigenvalue weighted by atomic mass is 32.1. The van der Waals surface area contributed by atoms with Gasteiger partial charge in [0.2, 0.25) is 0 Å². The molecule has 0 aliphatic heterocycles. The molecule has 0 radical (unpaired) electrons. The lowest BCUT2D eigenvalue weighted by atomic mass is 10.1. The molecule has 1 aromatic heterocycles. The van der Waals surface area contributed by atoms with E-state index in [4.69, 9.17) is 0 Å². The van der Waals surface area contributed by atoms with E-state index in [1.165, 1.54) is 11.8 Å². The van der Waals surface area contributed by atoms with Crippen molar-refractivity contribution in [1.29, 1.82) is 0 Å². The Balaban J connectivity index is 1.88. The average molecular weight is 283 g/mol. The highest BCUT2D eigenvalue weighted by Gasteiger charge is 2.07. The Labute approximate surface area is 120 Å². The van der Waals surface area contributed by atoms with Gasteiger partial charge in [-0.15, -0.1) is 11.3 Å². The van der Waals surface area contributed by atoms with Gasteiger partial charge in [0.1, 0.15) is 5.01 Å². The van der Waals surface area contributed by atoms with Crippen molar-refractivity contribution >= 4 is 27.5 Å². The number of fused-ring (bicyclic) bond motifs is 1. The van der Waals surface area contributed by atoms with Gasteiger partial charge in [0, 0.05) is 5.56 Å². The Morgan fingerprint density at radius 3 is 2.60 bits per heavy atom. The number of nitrogens with zero attached hydrogens (tertiary/aromatic N) is 1. The van der Waals surface area contributed by atoms with E-state index in [0.29, 0.717) is 6.42 Å². The Morgan fingerprint density at radius 2 is 1.90 bits per heavy atom. The summed E-state index contributed by atoms with van der Waals surface area (Å²) in [7, 11) is 1.40. The fourth-order valence-corrected chi connectivity index (χ4v) is 2.97. The zero-order valence-electron chi connectivity index (χ0n) is 11.0. The predicted molar refractivity (Wildman–Crippen MR) is 80.8 cm³/mol. The molecule has 0 atom stereocenters. The second kappa shape index (κ2) is 5.43. The van der Waals surface area contributed by atoms with Crippen molar-refractivity contribution in [3.8, 4) is 10.6 Å². The van der Waals surface area contributed by atoms with Gasteiger partial charge < -0.3 is 4.74 Å². The van der Waals surface area contributed by atoms with E-state index in [-0.39, 0.29) is 5.97 Å². The molecule has 4 heteroatoms. The third-order valence-corrected chi connectivity index (χ3v) is 4.16. The van der Waals surface area contributed by atoms with Crippen LogP contribution in [0.2, 0.25) is 0 Å². The minimum absolute atomic E-state index is 0.224. The van der Waals surface area contributed by atoms with Gasteiger partial charge in [0.05, 0.1) is 23.7 Å². The fourth-order valence-electron chi connectivity index (χ4n) is 2.00. The Bertz CT molecular complexity index is 714. The number of thiazole rings is 1. The van der Waals surface area contributed by atoms with Crippen LogP contribution in [0.15, 0.2) is 48.5 Å². The number of ether oxygens (including phenoxy) is 1. The molecule has 0 aliphatic carbocycles. The monoisotopic (exact) mass is 283 g/mol. The largest absolute Gasteiger partial charge is 0.469 e. The first-order chi connectivity index (χ1) is 9.76. The van der Waals surface area contributed by atoms with E-state index < -0.39 is 0 Å². The Kier molecular flexibility index (Phi) is 3.48. The van der Waals surface area contributed by atoms with Crippen molar-refractivity contribution in [2.75, 3.05) is 7.11 Å². The molecule has 0 spiro atoms. The molecule has 0 saturated carbocycles. The lowest BCUT2D eigenvalue weighted by molar-refractivity contribution is -0.139. The van der Waals surface area contributed by atoms with Crippen molar-refractivity contribution < 1.29 is 9.53 Å². The van der Waals surface area contributed by atoms with Gasteiger partial charge in [-0.3, -0.25) is 4.79 Å². The van der Waals surface area contributed by atoms with E-state index in [2.05, 4.69) is 15.8 Å². The summed E-state index contributed by atoms with van der Waals surface area (Å²) < 4.78 is 5.84. The first-order valence-electron chi connectivity index (χ1n) is 6.28. The molecule has 3 rings (SSSR count). The van der Waals surface area contributed by atoms with Crippen molar-refractivity contribution in [3.63, 3.8) is 0 Å². The summed E-state index contributed by atoms with van der Waals surface area (Å²) in [6, 6.07) is 16.0. The van der Waals surface area contributed by atoms with Crippen LogP contribution in [0.25, 0.3) is 20.8 Å². The number of hydrogen-bond acceptors (Lipinski definition) is 4. The normalized spacial score (nSPS) is 10.7. The number of hydrogen-bond donors (Lipinski definition) is 0. The Morgan fingerprint density at radius 1 is 1.15 bits per heavy atom. The number of para-hydroxylation sites is 1. The number of carbonyl (C=O) groups is 1. The summed E-state index contributed by atoms with van der Waals surface area (Å²) in [6.07, 6.45) is 0.302. The van der Waals surface area contributed by atoms with Gasteiger partial charge in [-0.1, -0.05) is 36.4 Å². The fraction of sp³-hybridized carbons (Fsp3) is 0.125. The number of aromatic nitrogens is 1. The second-order valence-corrected chi connectivity index (χ2v) is 5.47. The van der Waals surface area contributed by atoms with Crippen LogP contribution in [0, 0.1) is 0 Å². The molecule has 0 amide bonds. The van der Waals surface area contributed by atoms with Crippen LogP contribution in [-0.4, -0.2) is 18.1 Å². The molecule has 3 aromatic rings. The van der Waals surface area contributed by atoms with Crippen LogP contribution < -0.4 is 0 Å². The number of benzene rings is 2. The summed E-state index contributed by atoms with van der Waals surface area (Å²) in [4.78, 5) is 15.8. The lowest BCUT2D eigenvalue weighted by Crippen LogP contribution is -2.03. The average Bonchev–Trinajstić information content (AvgIpc) is 2.91. The molecular formula is C16H13NO2S. The summed E-state index contributed by atoms with van der Waals surface area (Å²) in [6.45, 7) is 0. The van der Waals surface area contributed by atoms with Crippen LogP contribution in [0.4, 0.5) is 0 Å². The molecule has 0 bridgehead atoms. The molecule has 100 valence electrons. The van der Waals surface area contributed by atoms with Crippen LogP contribution in [0.3, 0.4) is 0 Å². The summed E-state index contributed by atoms with van der Waals surface area (Å²) in [5, 5.41) is 0.996. The zero-order valence-corrected chi connectivity index (χ0v) is 11.8. The molecule has 2 aromatic carbocycles. The quantitative estimate of drug-likeness (QED) is 0.688. The van der Waals surface area contributed by atoms with Gasteiger partial charge in [-0.25, -0.2) is 4.98 Å². The van der Waals surface area contributed by atoms with E-state index in [0.717, 1.165) is 21.7 Å². The van der Waals surface area contributed by atoms with Crippen LogP contribution in [-0.2, 0) is 16.0 Å². The van der Waals surface area contributed by atoms with Gasteiger partial charge >= 0.3 is 5.97 Å². The second-order valence-electron chi connectivity index (χ2n) is 4.44. The van der Waals surface area contributed by atoms with Gasteiger partial charge in [-0.2, -0.15) is 0 Å². The smallest absolute Gasteiger partial charge is 0.309 e. The van der Waals surface area contributed by atoms with E-state index in [1.807, 2.05) is 42.5 Å².